The van der Waals surface area contributed by atoms with E-state index in [0.29, 0.717) is 13.0 Å². The Balaban J connectivity index is 1.37. The van der Waals surface area contributed by atoms with Gasteiger partial charge in [0.25, 0.3) is 0 Å². The Morgan fingerprint density at radius 2 is 1.51 bits per heavy atom. The first kappa shape index (κ1) is 32.2. The van der Waals surface area contributed by atoms with E-state index >= 15 is 0 Å². The molecule has 0 radical (unpaired) electrons. The summed E-state index contributed by atoms with van der Waals surface area (Å²) in [5.41, 5.74) is 5.44. The van der Waals surface area contributed by atoms with Crippen LogP contribution in [0.2, 0.25) is 0 Å². The summed E-state index contributed by atoms with van der Waals surface area (Å²) < 4.78 is 0. The lowest BCUT2D eigenvalue weighted by Gasteiger charge is -2.38. The summed E-state index contributed by atoms with van der Waals surface area (Å²) in [6.07, 6.45) is 10.7. The average molecular weight is 600 g/mol. The average Bonchev–Trinajstić information content (AvgIpc) is 3.36. The summed E-state index contributed by atoms with van der Waals surface area (Å²) in [4.78, 5) is 59.0. The predicted octanol–water partition coefficient (Wildman–Crippen LogP) is 3.74. The van der Waals surface area contributed by atoms with E-state index < -0.39 is 29.4 Å². The topological polar surface area (TPSA) is 125 Å². The van der Waals surface area contributed by atoms with Gasteiger partial charge in [-0.3, -0.25) is 24.1 Å². The van der Waals surface area contributed by atoms with Crippen molar-refractivity contribution in [2.45, 2.75) is 149 Å². The summed E-state index contributed by atoms with van der Waals surface area (Å²) in [6.45, 7) is 16.0. The number of primary amides is 1. The maximum atomic E-state index is 14.4. The van der Waals surface area contributed by atoms with Gasteiger partial charge in [-0.25, -0.2) is 0 Å². The molecular formula is C34H57N5O4. The quantitative estimate of drug-likeness (QED) is 0.392. The Morgan fingerprint density at radius 1 is 0.860 bits per heavy atom. The Bertz CT molecular complexity index is 1120. The maximum Gasteiger partial charge on any atom is 0.246 e. The fourth-order valence-corrected chi connectivity index (χ4v) is 9.93. The minimum absolute atomic E-state index is 0.0292. The van der Waals surface area contributed by atoms with Crippen molar-refractivity contribution in [2.24, 2.45) is 33.3 Å². The third-order valence-electron chi connectivity index (χ3n) is 12.8. The van der Waals surface area contributed by atoms with Crippen LogP contribution in [-0.4, -0.2) is 76.7 Å². The summed E-state index contributed by atoms with van der Waals surface area (Å²) in [7, 11) is 0. The first-order valence-electron chi connectivity index (χ1n) is 17.0. The predicted molar refractivity (Wildman–Crippen MR) is 167 cm³/mol. The van der Waals surface area contributed by atoms with Gasteiger partial charge < -0.3 is 21.3 Å². The van der Waals surface area contributed by atoms with Gasteiger partial charge in [0.05, 0.1) is 6.04 Å². The minimum atomic E-state index is -0.849. The number of nitrogens with zero attached hydrogens (tertiary/aromatic N) is 2. The molecule has 3 unspecified atom stereocenters. The van der Waals surface area contributed by atoms with Gasteiger partial charge >= 0.3 is 0 Å². The molecule has 4 amide bonds. The molecule has 2 aliphatic heterocycles. The minimum Gasteiger partial charge on any atom is -0.368 e. The standard InChI is InChI=1S/C34H57N5O4/c1-21(2)38-18-11-15-23(38)28(41)36-25(22-13-9-8-10-14-22)29(42)37-26(31(3,4)5)30(43)39-20-34(19-24(39)27(35)40)32(6,7)33(34)16-12-17-33/h21-26H,8-20H2,1-7H3,(H2,35,40)(H,36,41)(H,37,42)/t23?,24?,25?,26-,34-/m1/s1. The first-order chi connectivity index (χ1) is 20.1. The van der Waals surface area contributed by atoms with Gasteiger partial charge in [-0.05, 0) is 87.5 Å². The molecule has 3 aliphatic carbocycles. The van der Waals surface area contributed by atoms with E-state index in [1.54, 1.807) is 4.90 Å². The molecule has 0 aromatic rings. The van der Waals surface area contributed by atoms with Crippen LogP contribution in [0, 0.1) is 27.6 Å². The van der Waals surface area contributed by atoms with E-state index in [0.717, 1.165) is 64.3 Å². The number of carbonyl (C=O) groups is 4. The molecule has 5 aliphatic rings. The molecule has 5 atom stereocenters. The Hall–Kier alpha value is -2.16. The van der Waals surface area contributed by atoms with E-state index in [4.69, 9.17) is 5.73 Å². The summed E-state index contributed by atoms with van der Waals surface area (Å²) >= 11 is 0. The second-order valence-electron chi connectivity index (χ2n) is 16.4. The zero-order valence-electron chi connectivity index (χ0n) is 27.8. The number of carbonyl (C=O) groups excluding carboxylic acids is 4. The molecule has 5 rings (SSSR count). The van der Waals surface area contributed by atoms with Gasteiger partial charge in [-0.15, -0.1) is 0 Å². The van der Waals surface area contributed by atoms with Gasteiger partial charge in [0, 0.05) is 18.0 Å². The molecule has 4 N–H and O–H groups in total. The molecule has 2 saturated heterocycles. The number of amides is 4. The number of fused-ring (bicyclic) bond motifs is 1. The highest BCUT2D eigenvalue weighted by atomic mass is 16.2. The van der Waals surface area contributed by atoms with Gasteiger partial charge in [0.15, 0.2) is 0 Å². The largest absolute Gasteiger partial charge is 0.368 e. The van der Waals surface area contributed by atoms with Gasteiger partial charge in [-0.1, -0.05) is 60.3 Å². The molecule has 9 nitrogen and oxygen atoms in total. The fraction of sp³-hybridized carbons (Fsp3) is 0.882. The smallest absolute Gasteiger partial charge is 0.246 e. The van der Waals surface area contributed by atoms with Crippen LogP contribution in [0.5, 0.6) is 0 Å². The molecule has 43 heavy (non-hydrogen) atoms. The highest BCUT2D eigenvalue weighted by Gasteiger charge is 2.85. The zero-order chi connectivity index (χ0) is 31.5. The van der Waals surface area contributed by atoms with Crippen LogP contribution < -0.4 is 16.4 Å². The Labute approximate surface area is 258 Å². The van der Waals surface area contributed by atoms with Crippen molar-refractivity contribution in [3.8, 4) is 0 Å². The lowest BCUT2D eigenvalue weighted by molar-refractivity contribution is -0.144. The van der Waals surface area contributed by atoms with Gasteiger partial charge in [0.2, 0.25) is 23.6 Å². The van der Waals surface area contributed by atoms with Gasteiger partial charge in [-0.2, -0.15) is 0 Å². The highest BCUT2D eigenvalue weighted by molar-refractivity contribution is 5.95. The Morgan fingerprint density at radius 3 is 2.02 bits per heavy atom. The van der Waals surface area contributed by atoms with Crippen LogP contribution in [0.15, 0.2) is 0 Å². The first-order valence-corrected chi connectivity index (χ1v) is 17.0. The second kappa shape index (κ2) is 11.3. The van der Waals surface area contributed by atoms with E-state index in [2.05, 4.69) is 43.2 Å². The Kier molecular flexibility index (Phi) is 8.49. The molecule has 9 heteroatoms. The molecule has 3 saturated carbocycles. The van der Waals surface area contributed by atoms with Crippen molar-refractivity contribution in [1.82, 2.24) is 20.4 Å². The third-order valence-corrected chi connectivity index (χ3v) is 12.8. The van der Waals surface area contributed by atoms with E-state index in [9.17, 15) is 19.2 Å². The highest BCUT2D eigenvalue weighted by Crippen LogP contribution is 2.88. The molecule has 5 fully saturated rings. The molecule has 0 aromatic heterocycles. The van der Waals surface area contributed by atoms with Crippen LogP contribution in [0.4, 0.5) is 0 Å². The number of hydrogen-bond donors (Lipinski definition) is 3. The normalized spacial score (nSPS) is 31.6. The van der Waals surface area contributed by atoms with Crippen molar-refractivity contribution < 1.29 is 19.2 Å². The number of nitrogens with two attached hydrogens (primary N) is 1. The lowest BCUT2D eigenvalue weighted by Crippen LogP contribution is -2.62. The molecule has 2 spiro atoms. The summed E-state index contributed by atoms with van der Waals surface area (Å²) in [5, 5.41) is 6.30. The third kappa shape index (κ3) is 5.19. The van der Waals surface area contributed by atoms with Gasteiger partial charge in [0.1, 0.15) is 18.1 Å². The van der Waals surface area contributed by atoms with Crippen LogP contribution in [0.25, 0.3) is 0 Å². The second-order valence-corrected chi connectivity index (χ2v) is 16.4. The monoisotopic (exact) mass is 599 g/mol. The number of rotatable bonds is 8. The van der Waals surface area contributed by atoms with Crippen molar-refractivity contribution >= 4 is 23.6 Å². The lowest BCUT2D eigenvalue weighted by atomic mass is 9.73. The number of nitrogens with one attached hydrogen (secondary N) is 2. The molecular weight excluding hydrogens is 542 g/mol. The number of likely N-dealkylation sites (tertiary alicyclic amines) is 2. The van der Waals surface area contributed by atoms with Crippen molar-refractivity contribution in [2.75, 3.05) is 13.1 Å². The summed E-state index contributed by atoms with van der Waals surface area (Å²) in [6, 6.07) is -2.21. The van der Waals surface area contributed by atoms with E-state index in [1.165, 1.54) is 6.42 Å². The van der Waals surface area contributed by atoms with Crippen LogP contribution in [-0.2, 0) is 19.2 Å². The zero-order valence-corrected chi connectivity index (χ0v) is 27.8. The molecule has 242 valence electrons. The van der Waals surface area contributed by atoms with E-state index in [-0.39, 0.29) is 52.0 Å². The van der Waals surface area contributed by atoms with Crippen LogP contribution in [0.1, 0.15) is 119 Å². The van der Waals surface area contributed by atoms with Crippen molar-refractivity contribution in [1.29, 1.82) is 0 Å². The number of hydrogen-bond acceptors (Lipinski definition) is 5. The van der Waals surface area contributed by atoms with E-state index in [1.807, 2.05) is 20.8 Å². The summed E-state index contributed by atoms with van der Waals surface area (Å²) in [5.74, 6) is -1.07. The van der Waals surface area contributed by atoms with Crippen molar-refractivity contribution in [3.05, 3.63) is 0 Å². The van der Waals surface area contributed by atoms with Crippen molar-refractivity contribution in [3.63, 3.8) is 0 Å². The van der Waals surface area contributed by atoms with Crippen LogP contribution >= 0.6 is 0 Å². The molecule has 0 aromatic carbocycles. The van der Waals surface area contributed by atoms with Crippen LogP contribution in [0.3, 0.4) is 0 Å². The SMILES string of the molecule is CC(C)N1CCCC1C(=O)NC(C(=O)N[C@H](C(=O)N1C[C@]2(CC1C(N)=O)C(C)(C)C21CCC1)C(C)(C)C)C1CCCCC1. The maximum absolute atomic E-state index is 14.4. The fourth-order valence-electron chi connectivity index (χ4n) is 9.93. The molecule has 2 heterocycles. The molecule has 0 bridgehead atoms.